The molecule has 0 aliphatic carbocycles. The maximum atomic E-state index is 11.9. The molecule has 0 bridgehead atoms. The second-order valence-corrected chi connectivity index (χ2v) is 4.53. The molecule has 0 heterocycles. The first-order chi connectivity index (χ1) is 9.04. The van der Waals surface area contributed by atoms with E-state index >= 15 is 0 Å². The van der Waals surface area contributed by atoms with Crippen molar-refractivity contribution in [3.8, 4) is 5.75 Å². The lowest BCUT2D eigenvalue weighted by Gasteiger charge is -2.11. The molecule has 0 aliphatic rings. The first-order valence-electron chi connectivity index (χ1n) is 6.35. The molecule has 1 aromatic carbocycles. The number of benzene rings is 1. The van der Waals surface area contributed by atoms with Gasteiger partial charge in [0.05, 0.1) is 12.2 Å². The van der Waals surface area contributed by atoms with E-state index in [1.54, 1.807) is 24.3 Å². The van der Waals surface area contributed by atoms with E-state index in [1.807, 2.05) is 20.8 Å². The number of rotatable bonds is 5. The van der Waals surface area contributed by atoms with Crippen molar-refractivity contribution < 1.29 is 14.3 Å². The zero-order valence-corrected chi connectivity index (χ0v) is 11.5. The van der Waals surface area contributed by atoms with Crippen LogP contribution in [0.25, 0.3) is 0 Å². The monoisotopic (exact) mass is 264 g/mol. The Hall–Kier alpha value is -2.04. The zero-order chi connectivity index (χ0) is 14.3. The van der Waals surface area contributed by atoms with Crippen LogP contribution in [0.1, 0.15) is 37.6 Å². The number of hydrogen-bond acceptors (Lipinski definition) is 3. The lowest BCUT2D eigenvalue weighted by atomic mass is 10.1. The van der Waals surface area contributed by atoms with E-state index in [0.717, 1.165) is 0 Å². The fourth-order valence-electron chi connectivity index (χ4n) is 1.55. The first kappa shape index (κ1) is 15.0. The van der Waals surface area contributed by atoms with Crippen molar-refractivity contribution >= 4 is 11.8 Å². The summed E-state index contributed by atoms with van der Waals surface area (Å²) >= 11 is 0. The summed E-state index contributed by atoms with van der Waals surface area (Å²) in [6, 6.07) is 6.90. The zero-order valence-electron chi connectivity index (χ0n) is 11.5. The quantitative estimate of drug-likeness (QED) is 0.798. The van der Waals surface area contributed by atoms with Crippen molar-refractivity contribution in [2.45, 2.75) is 27.2 Å². The summed E-state index contributed by atoms with van der Waals surface area (Å²) < 4.78 is 5.36. The number of hydrogen-bond donors (Lipinski definition) is 2. The molecule has 0 aliphatic heterocycles. The lowest BCUT2D eigenvalue weighted by Crippen LogP contribution is -2.42. The summed E-state index contributed by atoms with van der Waals surface area (Å²) in [5, 5.41) is 0. The Bertz CT molecular complexity index is 444. The Kier molecular flexibility index (Phi) is 5.85. The van der Waals surface area contributed by atoms with E-state index in [9.17, 15) is 9.59 Å². The third kappa shape index (κ3) is 4.99. The van der Waals surface area contributed by atoms with E-state index in [1.165, 1.54) is 0 Å². The number of nitrogens with one attached hydrogen (secondary N) is 2. The Morgan fingerprint density at radius 1 is 1.21 bits per heavy atom. The van der Waals surface area contributed by atoms with E-state index in [4.69, 9.17) is 4.74 Å². The Balaban J connectivity index is 2.61. The van der Waals surface area contributed by atoms with Gasteiger partial charge in [-0.3, -0.25) is 20.4 Å². The van der Waals surface area contributed by atoms with Crippen molar-refractivity contribution in [2.24, 2.45) is 5.92 Å². The van der Waals surface area contributed by atoms with Gasteiger partial charge in [0.15, 0.2) is 0 Å². The van der Waals surface area contributed by atoms with Crippen molar-refractivity contribution in [3.05, 3.63) is 29.8 Å². The van der Waals surface area contributed by atoms with Crippen molar-refractivity contribution in [1.29, 1.82) is 0 Å². The van der Waals surface area contributed by atoms with Gasteiger partial charge in [-0.15, -0.1) is 0 Å². The Labute approximate surface area is 113 Å². The lowest BCUT2D eigenvalue weighted by molar-refractivity contribution is -0.122. The largest absolute Gasteiger partial charge is 0.493 e. The van der Waals surface area contributed by atoms with Crippen LogP contribution >= 0.6 is 0 Å². The van der Waals surface area contributed by atoms with Gasteiger partial charge in [-0.2, -0.15) is 0 Å². The molecule has 19 heavy (non-hydrogen) atoms. The third-order valence-corrected chi connectivity index (χ3v) is 2.34. The SMILES string of the molecule is CCOc1ccccc1C(=O)NNC(=O)CC(C)C. The molecule has 0 atom stereocenters. The fourth-order valence-corrected chi connectivity index (χ4v) is 1.55. The van der Waals surface area contributed by atoms with Crippen LogP contribution in [0.4, 0.5) is 0 Å². The van der Waals surface area contributed by atoms with Gasteiger partial charge in [0.1, 0.15) is 5.75 Å². The summed E-state index contributed by atoms with van der Waals surface area (Å²) in [7, 11) is 0. The maximum absolute atomic E-state index is 11.9. The average Bonchev–Trinajstić information content (AvgIpc) is 2.36. The molecule has 1 rings (SSSR count). The molecule has 0 radical (unpaired) electrons. The van der Waals surface area contributed by atoms with Gasteiger partial charge >= 0.3 is 0 Å². The molecule has 104 valence electrons. The standard InChI is InChI=1S/C14H20N2O3/c1-4-19-12-8-6-5-7-11(12)14(18)16-15-13(17)9-10(2)3/h5-8,10H,4,9H2,1-3H3,(H,15,17)(H,16,18). The number of amides is 2. The molecule has 2 N–H and O–H groups in total. The van der Waals surface area contributed by atoms with E-state index in [-0.39, 0.29) is 17.7 Å². The van der Waals surface area contributed by atoms with Crippen LogP contribution in [0, 0.1) is 5.92 Å². The molecule has 5 heteroatoms. The highest BCUT2D eigenvalue weighted by Crippen LogP contribution is 2.17. The maximum Gasteiger partial charge on any atom is 0.273 e. The summed E-state index contributed by atoms with van der Waals surface area (Å²) in [6.07, 6.45) is 0.368. The van der Waals surface area contributed by atoms with Crippen molar-refractivity contribution in [2.75, 3.05) is 6.61 Å². The third-order valence-electron chi connectivity index (χ3n) is 2.34. The predicted molar refractivity (Wildman–Crippen MR) is 72.7 cm³/mol. The van der Waals surface area contributed by atoms with Crippen LogP contribution < -0.4 is 15.6 Å². The van der Waals surface area contributed by atoms with Gasteiger partial charge in [0.25, 0.3) is 5.91 Å². The van der Waals surface area contributed by atoms with Crippen LogP contribution in [-0.4, -0.2) is 18.4 Å². The average molecular weight is 264 g/mol. The predicted octanol–water partition coefficient (Wildman–Crippen LogP) is 1.89. The van der Waals surface area contributed by atoms with Gasteiger partial charge in [0.2, 0.25) is 5.91 Å². The van der Waals surface area contributed by atoms with Crippen LogP contribution in [0.2, 0.25) is 0 Å². The van der Waals surface area contributed by atoms with E-state index in [0.29, 0.717) is 24.3 Å². The minimum atomic E-state index is -0.388. The smallest absolute Gasteiger partial charge is 0.273 e. The molecule has 2 amide bonds. The minimum absolute atomic E-state index is 0.211. The summed E-state index contributed by atoms with van der Waals surface area (Å²) in [5.41, 5.74) is 5.17. The van der Waals surface area contributed by atoms with Crippen LogP contribution in [0.15, 0.2) is 24.3 Å². The summed E-state index contributed by atoms with van der Waals surface area (Å²) in [6.45, 7) is 6.20. The number of ether oxygens (including phenoxy) is 1. The molecule has 0 saturated heterocycles. The molecule has 0 unspecified atom stereocenters. The number of para-hydroxylation sites is 1. The highest BCUT2D eigenvalue weighted by atomic mass is 16.5. The van der Waals surface area contributed by atoms with Gasteiger partial charge in [-0.1, -0.05) is 26.0 Å². The molecule has 0 aromatic heterocycles. The van der Waals surface area contributed by atoms with Crippen molar-refractivity contribution in [1.82, 2.24) is 10.9 Å². The topological polar surface area (TPSA) is 67.4 Å². The number of hydrazine groups is 1. The fraction of sp³-hybridized carbons (Fsp3) is 0.429. The molecule has 5 nitrogen and oxygen atoms in total. The Morgan fingerprint density at radius 3 is 2.53 bits per heavy atom. The number of carbonyl (C=O) groups excluding carboxylic acids is 2. The highest BCUT2D eigenvalue weighted by Gasteiger charge is 2.12. The summed E-state index contributed by atoms with van der Waals surface area (Å²) in [5.74, 6) is 0.145. The summed E-state index contributed by atoms with van der Waals surface area (Å²) in [4.78, 5) is 23.4. The van der Waals surface area contributed by atoms with Crippen molar-refractivity contribution in [3.63, 3.8) is 0 Å². The second-order valence-electron chi connectivity index (χ2n) is 4.53. The van der Waals surface area contributed by atoms with Crippen LogP contribution in [0.5, 0.6) is 5.75 Å². The van der Waals surface area contributed by atoms with E-state index < -0.39 is 0 Å². The molecule has 0 spiro atoms. The Morgan fingerprint density at radius 2 is 1.89 bits per heavy atom. The minimum Gasteiger partial charge on any atom is -0.493 e. The molecular formula is C14H20N2O3. The molecular weight excluding hydrogens is 244 g/mol. The highest BCUT2D eigenvalue weighted by molar-refractivity contribution is 5.97. The molecule has 0 saturated carbocycles. The van der Waals surface area contributed by atoms with E-state index in [2.05, 4.69) is 10.9 Å². The molecule has 0 fully saturated rings. The van der Waals surface area contributed by atoms with Crippen LogP contribution in [-0.2, 0) is 4.79 Å². The van der Waals surface area contributed by atoms with Gasteiger partial charge in [0, 0.05) is 6.42 Å². The van der Waals surface area contributed by atoms with Gasteiger partial charge < -0.3 is 4.74 Å². The molecule has 1 aromatic rings. The second kappa shape index (κ2) is 7.41. The van der Waals surface area contributed by atoms with Crippen LogP contribution in [0.3, 0.4) is 0 Å². The normalized spacial score (nSPS) is 10.1. The first-order valence-corrected chi connectivity index (χ1v) is 6.35. The van der Waals surface area contributed by atoms with Gasteiger partial charge in [-0.05, 0) is 25.0 Å². The number of carbonyl (C=O) groups is 2. The van der Waals surface area contributed by atoms with Gasteiger partial charge in [-0.25, -0.2) is 0 Å².